The highest BCUT2D eigenvalue weighted by Crippen LogP contribution is 2.07. The number of carbonyl (C=O) groups is 3. The van der Waals surface area contributed by atoms with E-state index in [0.717, 1.165) is 5.56 Å². The number of aryl methyl sites for hydroxylation is 1. The van der Waals surface area contributed by atoms with E-state index in [1.54, 1.807) is 0 Å². The molecule has 6 heteroatoms. The van der Waals surface area contributed by atoms with Crippen molar-refractivity contribution in [1.29, 1.82) is 0 Å². The van der Waals surface area contributed by atoms with Crippen LogP contribution in [0.3, 0.4) is 0 Å². The van der Waals surface area contributed by atoms with E-state index in [9.17, 15) is 14.4 Å². The molecule has 0 saturated heterocycles. The number of nitrogens with one attached hydrogen (secondary N) is 2. The number of benzene rings is 1. The van der Waals surface area contributed by atoms with Gasteiger partial charge in [0.15, 0.2) is 5.78 Å². The van der Waals surface area contributed by atoms with Gasteiger partial charge in [0.05, 0.1) is 12.5 Å². The quantitative estimate of drug-likeness (QED) is 0.590. The van der Waals surface area contributed by atoms with Gasteiger partial charge in [-0.05, 0) is 45.7 Å². The van der Waals surface area contributed by atoms with Crippen LogP contribution in [0.15, 0.2) is 30.3 Å². The van der Waals surface area contributed by atoms with Crippen molar-refractivity contribution < 1.29 is 14.4 Å². The van der Waals surface area contributed by atoms with Crippen LogP contribution in [0.2, 0.25) is 0 Å². The molecule has 144 valence electrons. The van der Waals surface area contributed by atoms with Gasteiger partial charge in [-0.15, -0.1) is 0 Å². The molecule has 6 nitrogen and oxygen atoms in total. The summed E-state index contributed by atoms with van der Waals surface area (Å²) in [5.41, 5.74) is 6.12. The molecule has 0 aliphatic carbocycles. The second-order valence-electron chi connectivity index (χ2n) is 7.47. The largest absolute Gasteiger partial charge is 0.351 e. The Labute approximate surface area is 155 Å². The van der Waals surface area contributed by atoms with Crippen LogP contribution in [-0.4, -0.2) is 35.7 Å². The third kappa shape index (κ3) is 9.32. The fraction of sp³-hybridized carbons (Fsp3) is 0.550. The molecule has 0 aliphatic rings. The van der Waals surface area contributed by atoms with E-state index in [1.165, 1.54) is 0 Å². The molecule has 0 bridgehead atoms. The summed E-state index contributed by atoms with van der Waals surface area (Å²) in [7, 11) is 0. The Kier molecular flexibility index (Phi) is 8.99. The van der Waals surface area contributed by atoms with Crippen molar-refractivity contribution in [2.24, 2.45) is 5.73 Å². The first-order chi connectivity index (χ1) is 12.2. The van der Waals surface area contributed by atoms with Crippen LogP contribution in [0.25, 0.3) is 0 Å². The van der Waals surface area contributed by atoms with E-state index < -0.39 is 6.04 Å². The summed E-state index contributed by atoms with van der Waals surface area (Å²) >= 11 is 0. The molecule has 0 aromatic heterocycles. The lowest BCUT2D eigenvalue weighted by Gasteiger charge is -2.23. The average molecular weight is 361 g/mol. The van der Waals surface area contributed by atoms with E-state index in [4.69, 9.17) is 5.73 Å². The molecule has 1 aromatic carbocycles. The van der Waals surface area contributed by atoms with Gasteiger partial charge in [-0.2, -0.15) is 0 Å². The summed E-state index contributed by atoms with van der Waals surface area (Å²) in [6.07, 6.45) is 1.59. The van der Waals surface area contributed by atoms with Crippen molar-refractivity contribution in [2.45, 2.75) is 64.5 Å². The van der Waals surface area contributed by atoms with Crippen LogP contribution < -0.4 is 16.4 Å². The zero-order valence-electron chi connectivity index (χ0n) is 16.0. The Morgan fingerprint density at radius 1 is 1.04 bits per heavy atom. The molecule has 0 aliphatic heterocycles. The van der Waals surface area contributed by atoms with Gasteiger partial charge in [-0.1, -0.05) is 30.3 Å². The van der Waals surface area contributed by atoms with Crippen molar-refractivity contribution in [3.05, 3.63) is 35.9 Å². The van der Waals surface area contributed by atoms with Crippen LogP contribution in [0.4, 0.5) is 0 Å². The lowest BCUT2D eigenvalue weighted by Crippen LogP contribution is -2.47. The molecule has 0 spiro atoms. The van der Waals surface area contributed by atoms with Gasteiger partial charge in [0.25, 0.3) is 0 Å². The monoisotopic (exact) mass is 361 g/mol. The minimum Gasteiger partial charge on any atom is -0.351 e. The Morgan fingerprint density at radius 2 is 1.69 bits per heavy atom. The fourth-order valence-electron chi connectivity index (χ4n) is 2.52. The second-order valence-corrected chi connectivity index (χ2v) is 7.47. The molecular weight excluding hydrogens is 330 g/mol. The predicted octanol–water partition coefficient (Wildman–Crippen LogP) is 1.72. The Balaban J connectivity index is 2.63. The lowest BCUT2D eigenvalue weighted by atomic mass is 10.0. The molecule has 0 heterocycles. The molecule has 1 aromatic rings. The van der Waals surface area contributed by atoms with Gasteiger partial charge < -0.3 is 16.4 Å². The van der Waals surface area contributed by atoms with E-state index in [0.29, 0.717) is 19.4 Å². The van der Waals surface area contributed by atoms with Gasteiger partial charge in [-0.3, -0.25) is 14.4 Å². The van der Waals surface area contributed by atoms with Gasteiger partial charge in [-0.25, -0.2) is 0 Å². The number of ketones is 1. The second kappa shape index (κ2) is 10.7. The molecule has 0 fully saturated rings. The summed E-state index contributed by atoms with van der Waals surface area (Å²) < 4.78 is 0. The van der Waals surface area contributed by atoms with Crippen LogP contribution in [0.5, 0.6) is 0 Å². The van der Waals surface area contributed by atoms with Gasteiger partial charge in [0, 0.05) is 18.4 Å². The number of rotatable bonds is 10. The summed E-state index contributed by atoms with van der Waals surface area (Å²) in [4.78, 5) is 36.8. The number of carbonyl (C=O) groups excluding carboxylic acids is 3. The summed E-state index contributed by atoms with van der Waals surface area (Å²) in [5, 5.41) is 5.55. The van der Waals surface area contributed by atoms with E-state index >= 15 is 0 Å². The van der Waals surface area contributed by atoms with Gasteiger partial charge in [0.1, 0.15) is 0 Å². The minimum atomic E-state index is -0.813. The lowest BCUT2D eigenvalue weighted by molar-refractivity contribution is -0.131. The first-order valence-electron chi connectivity index (χ1n) is 9.08. The highest BCUT2D eigenvalue weighted by Gasteiger charge is 2.25. The van der Waals surface area contributed by atoms with Crippen LogP contribution in [0, 0.1) is 0 Å². The molecule has 1 rings (SSSR count). The smallest absolute Gasteiger partial charge is 0.222 e. The average Bonchev–Trinajstić information content (AvgIpc) is 2.56. The number of hydrogen-bond acceptors (Lipinski definition) is 4. The zero-order valence-corrected chi connectivity index (χ0v) is 16.0. The standard InChI is InChI=1S/C20H31N3O3/c1-20(2,3)23-19(26)14-16(17(24)10-7-13-21)22-18(25)12-11-15-8-5-4-6-9-15/h4-6,8-9,16H,7,10-14,21H2,1-3H3,(H,22,25)(H,23,26)/t16-/m0/s1. The number of Topliss-reactive ketones (excluding diaryl/α,β-unsaturated/α-hetero) is 1. The Hall–Kier alpha value is -2.21. The molecule has 1 atom stereocenters. The topological polar surface area (TPSA) is 101 Å². The minimum absolute atomic E-state index is 0.0578. The third-order valence-electron chi connectivity index (χ3n) is 3.74. The Morgan fingerprint density at radius 3 is 2.27 bits per heavy atom. The molecule has 2 amide bonds. The third-order valence-corrected chi connectivity index (χ3v) is 3.74. The van der Waals surface area contributed by atoms with Crippen molar-refractivity contribution in [1.82, 2.24) is 10.6 Å². The molecule has 26 heavy (non-hydrogen) atoms. The van der Waals surface area contributed by atoms with Gasteiger partial charge in [0.2, 0.25) is 11.8 Å². The fourth-order valence-corrected chi connectivity index (χ4v) is 2.52. The van der Waals surface area contributed by atoms with E-state index in [-0.39, 0.29) is 42.4 Å². The van der Waals surface area contributed by atoms with Crippen LogP contribution in [-0.2, 0) is 20.8 Å². The maximum atomic E-state index is 12.4. The number of hydrogen-bond donors (Lipinski definition) is 3. The molecule has 0 unspecified atom stereocenters. The maximum Gasteiger partial charge on any atom is 0.222 e. The van der Waals surface area contributed by atoms with Crippen LogP contribution >= 0.6 is 0 Å². The number of amides is 2. The summed E-state index contributed by atoms with van der Waals surface area (Å²) in [6, 6.07) is 8.85. The molecular formula is C20H31N3O3. The number of nitrogens with two attached hydrogens (primary N) is 1. The first kappa shape index (κ1) is 21.8. The van der Waals surface area contributed by atoms with Crippen molar-refractivity contribution >= 4 is 17.6 Å². The highest BCUT2D eigenvalue weighted by atomic mass is 16.2. The van der Waals surface area contributed by atoms with Crippen molar-refractivity contribution in [3.63, 3.8) is 0 Å². The zero-order chi connectivity index (χ0) is 19.6. The summed E-state index contributed by atoms with van der Waals surface area (Å²) in [5.74, 6) is -0.650. The maximum absolute atomic E-state index is 12.4. The molecule has 4 N–H and O–H groups in total. The van der Waals surface area contributed by atoms with Crippen molar-refractivity contribution in [3.8, 4) is 0 Å². The Bertz CT molecular complexity index is 594. The van der Waals surface area contributed by atoms with E-state index in [1.807, 2.05) is 51.1 Å². The summed E-state index contributed by atoms with van der Waals surface area (Å²) in [6.45, 7) is 6.01. The SMILES string of the molecule is CC(C)(C)NC(=O)C[C@H](NC(=O)CCc1ccccc1)C(=O)CCCN. The molecule has 0 radical (unpaired) electrons. The molecule has 0 saturated carbocycles. The van der Waals surface area contributed by atoms with Crippen molar-refractivity contribution in [2.75, 3.05) is 6.54 Å². The van der Waals surface area contributed by atoms with Crippen LogP contribution in [0.1, 0.15) is 52.0 Å². The first-order valence-corrected chi connectivity index (χ1v) is 9.08. The van der Waals surface area contributed by atoms with Gasteiger partial charge >= 0.3 is 0 Å². The normalized spacial score (nSPS) is 12.3. The predicted molar refractivity (Wildman–Crippen MR) is 103 cm³/mol. The highest BCUT2D eigenvalue weighted by molar-refractivity contribution is 5.93. The van der Waals surface area contributed by atoms with E-state index in [2.05, 4.69) is 10.6 Å².